The van der Waals surface area contributed by atoms with Crippen LogP contribution in [0.5, 0.6) is 0 Å². The molecular weight excluding hydrogens is 405 g/mol. The van der Waals surface area contributed by atoms with Crippen LogP contribution >= 0.6 is 0 Å². The van der Waals surface area contributed by atoms with Crippen molar-refractivity contribution < 1.29 is 14.0 Å². The fourth-order valence-corrected chi connectivity index (χ4v) is 4.36. The van der Waals surface area contributed by atoms with Gasteiger partial charge in [0.15, 0.2) is 5.78 Å². The van der Waals surface area contributed by atoms with E-state index in [1.807, 2.05) is 59.7 Å². The quantitative estimate of drug-likeness (QED) is 0.556. The molecule has 3 aromatic rings. The molecule has 6 heteroatoms. The summed E-state index contributed by atoms with van der Waals surface area (Å²) in [4.78, 5) is 29.6. The van der Waals surface area contributed by atoms with Crippen LogP contribution in [0, 0.1) is 19.7 Å². The molecule has 1 aliphatic rings. The number of rotatable bonds is 6. The summed E-state index contributed by atoms with van der Waals surface area (Å²) in [6.07, 6.45) is 0.412. The maximum absolute atomic E-state index is 13.3. The summed E-state index contributed by atoms with van der Waals surface area (Å²) in [5, 5.41) is 0. The number of carbonyl (C=O) groups is 2. The summed E-state index contributed by atoms with van der Waals surface area (Å²) in [6.45, 7) is 6.83. The van der Waals surface area contributed by atoms with Gasteiger partial charge in [0, 0.05) is 48.8 Å². The van der Waals surface area contributed by atoms with Gasteiger partial charge < -0.3 is 9.47 Å². The van der Waals surface area contributed by atoms with Crippen molar-refractivity contribution in [3.8, 4) is 5.69 Å². The number of aromatic nitrogens is 1. The summed E-state index contributed by atoms with van der Waals surface area (Å²) in [7, 11) is 0. The van der Waals surface area contributed by atoms with E-state index in [9.17, 15) is 14.0 Å². The van der Waals surface area contributed by atoms with Crippen LogP contribution in [0.25, 0.3) is 5.69 Å². The van der Waals surface area contributed by atoms with E-state index in [4.69, 9.17) is 0 Å². The second-order valence-electron chi connectivity index (χ2n) is 8.34. The van der Waals surface area contributed by atoms with E-state index in [0.717, 1.165) is 22.6 Å². The lowest BCUT2D eigenvalue weighted by Gasteiger charge is -2.34. The predicted molar refractivity (Wildman–Crippen MR) is 123 cm³/mol. The number of nitrogens with zero attached hydrogens (tertiary/aromatic N) is 3. The number of benzene rings is 2. The fourth-order valence-electron chi connectivity index (χ4n) is 4.36. The predicted octanol–water partition coefficient (Wildman–Crippen LogP) is 3.80. The number of Topliss-reactive ketones (excluding diaryl/α,β-unsaturated/α-hetero) is 1. The topological polar surface area (TPSA) is 45.6 Å². The maximum Gasteiger partial charge on any atom is 0.227 e. The zero-order chi connectivity index (χ0) is 22.7. The molecule has 1 amide bonds. The number of aryl methyl sites for hydroxylation is 1. The first-order valence-electron chi connectivity index (χ1n) is 10.9. The first-order valence-corrected chi connectivity index (χ1v) is 10.9. The van der Waals surface area contributed by atoms with Crippen LogP contribution in [0.1, 0.15) is 27.3 Å². The molecular formula is C26H28FN3O2. The van der Waals surface area contributed by atoms with Gasteiger partial charge in [0.1, 0.15) is 5.82 Å². The summed E-state index contributed by atoms with van der Waals surface area (Å²) in [6, 6.07) is 18.0. The molecule has 0 atom stereocenters. The van der Waals surface area contributed by atoms with Crippen LogP contribution in [-0.4, -0.2) is 58.8 Å². The van der Waals surface area contributed by atoms with Crippen molar-refractivity contribution >= 4 is 11.7 Å². The fraction of sp³-hybridized carbons (Fsp3) is 0.308. The molecule has 0 radical (unpaired) electrons. The van der Waals surface area contributed by atoms with Crippen LogP contribution in [0.3, 0.4) is 0 Å². The summed E-state index contributed by atoms with van der Waals surface area (Å²) in [5.41, 5.74) is 4.34. The highest BCUT2D eigenvalue weighted by Crippen LogP contribution is 2.22. The van der Waals surface area contributed by atoms with Crippen LogP contribution in [-0.2, 0) is 11.2 Å². The number of piperazine rings is 1. The Morgan fingerprint density at radius 2 is 1.56 bits per heavy atom. The van der Waals surface area contributed by atoms with Crippen LogP contribution in [0.2, 0.25) is 0 Å². The number of halogens is 1. The van der Waals surface area contributed by atoms with Crippen molar-refractivity contribution in [2.24, 2.45) is 0 Å². The smallest absolute Gasteiger partial charge is 0.227 e. The molecule has 0 aliphatic carbocycles. The third-order valence-electron chi connectivity index (χ3n) is 6.11. The van der Waals surface area contributed by atoms with E-state index in [1.54, 1.807) is 12.1 Å². The van der Waals surface area contributed by atoms with E-state index < -0.39 is 0 Å². The minimum Gasteiger partial charge on any atom is -0.340 e. The normalized spacial score (nSPS) is 14.5. The second-order valence-corrected chi connectivity index (χ2v) is 8.34. The van der Waals surface area contributed by atoms with Crippen LogP contribution < -0.4 is 0 Å². The number of hydrogen-bond acceptors (Lipinski definition) is 3. The van der Waals surface area contributed by atoms with Gasteiger partial charge in [-0.25, -0.2) is 4.39 Å². The van der Waals surface area contributed by atoms with E-state index in [2.05, 4.69) is 4.90 Å². The Morgan fingerprint density at radius 3 is 2.22 bits per heavy atom. The Morgan fingerprint density at radius 1 is 0.906 bits per heavy atom. The Kier molecular flexibility index (Phi) is 6.51. The van der Waals surface area contributed by atoms with Crippen molar-refractivity contribution in [1.82, 2.24) is 14.4 Å². The van der Waals surface area contributed by atoms with Gasteiger partial charge in [0.2, 0.25) is 5.91 Å². The second kappa shape index (κ2) is 9.49. The van der Waals surface area contributed by atoms with Crippen molar-refractivity contribution in [2.75, 3.05) is 32.7 Å². The highest BCUT2D eigenvalue weighted by molar-refractivity contribution is 5.99. The van der Waals surface area contributed by atoms with Crippen LogP contribution in [0.4, 0.5) is 4.39 Å². The molecule has 5 nitrogen and oxygen atoms in total. The van der Waals surface area contributed by atoms with Gasteiger partial charge in [0.05, 0.1) is 13.0 Å². The molecule has 0 spiro atoms. The molecule has 2 aromatic carbocycles. The van der Waals surface area contributed by atoms with Gasteiger partial charge >= 0.3 is 0 Å². The van der Waals surface area contributed by atoms with Crippen molar-refractivity contribution in [1.29, 1.82) is 0 Å². The molecule has 0 N–H and O–H groups in total. The zero-order valence-electron chi connectivity index (χ0n) is 18.6. The SMILES string of the molecule is Cc1cc(C(=O)CN2CCN(C(=O)Cc3ccccc3)CC2)c(C)n1-c1ccc(F)cc1. The van der Waals surface area contributed by atoms with Gasteiger partial charge in [-0.1, -0.05) is 30.3 Å². The molecule has 1 saturated heterocycles. The summed E-state index contributed by atoms with van der Waals surface area (Å²) in [5.74, 6) is -0.0885. The Hall–Kier alpha value is -3.25. The lowest BCUT2D eigenvalue weighted by Crippen LogP contribution is -2.50. The first kappa shape index (κ1) is 22.0. The molecule has 1 fully saturated rings. The average molecular weight is 434 g/mol. The van der Waals surface area contributed by atoms with E-state index in [0.29, 0.717) is 44.7 Å². The van der Waals surface area contributed by atoms with Gasteiger partial charge in [-0.3, -0.25) is 14.5 Å². The van der Waals surface area contributed by atoms with Crippen LogP contribution in [0.15, 0.2) is 60.7 Å². The molecule has 1 aliphatic heterocycles. The van der Waals surface area contributed by atoms with Gasteiger partial charge in [-0.2, -0.15) is 0 Å². The third kappa shape index (κ3) is 4.81. The highest BCUT2D eigenvalue weighted by atomic mass is 19.1. The maximum atomic E-state index is 13.3. The third-order valence-corrected chi connectivity index (χ3v) is 6.11. The number of ketones is 1. The monoisotopic (exact) mass is 433 g/mol. The largest absolute Gasteiger partial charge is 0.340 e. The number of carbonyl (C=O) groups excluding carboxylic acids is 2. The Bertz CT molecular complexity index is 1100. The zero-order valence-corrected chi connectivity index (χ0v) is 18.6. The van der Waals surface area contributed by atoms with Crippen molar-refractivity contribution in [2.45, 2.75) is 20.3 Å². The standard InChI is InChI=1S/C26H28FN3O2/c1-19-16-24(20(2)30(19)23-10-8-22(27)9-11-23)25(31)18-28-12-14-29(15-13-28)26(32)17-21-6-4-3-5-7-21/h3-11,16H,12-15,17-18H2,1-2H3. The number of amides is 1. The molecule has 32 heavy (non-hydrogen) atoms. The number of hydrogen-bond donors (Lipinski definition) is 0. The van der Waals surface area contributed by atoms with Crippen molar-refractivity contribution in [3.05, 3.63) is 89.0 Å². The highest BCUT2D eigenvalue weighted by Gasteiger charge is 2.24. The lowest BCUT2D eigenvalue weighted by atomic mass is 10.1. The lowest BCUT2D eigenvalue weighted by molar-refractivity contribution is -0.132. The molecule has 2 heterocycles. The van der Waals surface area contributed by atoms with Gasteiger partial charge in [0.25, 0.3) is 0 Å². The first-order chi connectivity index (χ1) is 15.4. The molecule has 0 bridgehead atoms. The minimum atomic E-state index is -0.283. The summed E-state index contributed by atoms with van der Waals surface area (Å²) >= 11 is 0. The molecule has 0 saturated carbocycles. The molecule has 4 rings (SSSR count). The van der Waals surface area contributed by atoms with Crippen molar-refractivity contribution in [3.63, 3.8) is 0 Å². The van der Waals surface area contributed by atoms with Gasteiger partial charge in [-0.05, 0) is 49.7 Å². The van der Waals surface area contributed by atoms with E-state index in [1.165, 1.54) is 12.1 Å². The summed E-state index contributed by atoms with van der Waals surface area (Å²) < 4.78 is 15.3. The van der Waals surface area contributed by atoms with E-state index in [-0.39, 0.29) is 17.5 Å². The minimum absolute atomic E-state index is 0.0653. The molecule has 1 aromatic heterocycles. The Labute approximate surface area is 188 Å². The van der Waals surface area contributed by atoms with E-state index >= 15 is 0 Å². The Balaban J connectivity index is 1.36. The van der Waals surface area contributed by atoms with Gasteiger partial charge in [-0.15, -0.1) is 0 Å². The molecule has 0 unspecified atom stereocenters. The molecule has 166 valence electrons. The average Bonchev–Trinajstić information content (AvgIpc) is 3.09.